The summed E-state index contributed by atoms with van der Waals surface area (Å²) in [5, 5.41) is 27.8. The van der Waals surface area contributed by atoms with Gasteiger partial charge in [-0.05, 0) is 31.5 Å². The molecule has 4 heterocycles. The van der Waals surface area contributed by atoms with Gasteiger partial charge in [0.15, 0.2) is 10.8 Å². The molecule has 5 rings (SSSR count). The average Bonchev–Trinajstić information content (AvgIpc) is 3.56. The maximum Gasteiger partial charge on any atom is 0.371 e. The number of carboxylic acid groups (broad SMARTS) is 1. The first kappa shape index (κ1) is 30.7. The number of carboxylic acids is 1. The Balaban J connectivity index is 1.29. The number of carbonyl (C=O) groups excluding carboxylic acids is 4. The third-order valence-electron chi connectivity index (χ3n) is 7.05. The third kappa shape index (κ3) is 5.39. The van der Waals surface area contributed by atoms with Crippen molar-refractivity contribution in [2.24, 2.45) is 5.16 Å². The van der Waals surface area contributed by atoms with Crippen molar-refractivity contribution in [3.8, 4) is 0 Å². The fourth-order valence-corrected chi connectivity index (χ4v) is 6.83. The molecular formula is C25H24N6O11S2. The van der Waals surface area contributed by atoms with Crippen molar-refractivity contribution in [1.29, 1.82) is 0 Å². The Kier molecular flexibility index (Phi) is 7.93. The number of anilines is 1. The highest BCUT2D eigenvalue weighted by atomic mass is 32.2. The van der Waals surface area contributed by atoms with Crippen LogP contribution in [0, 0.1) is 10.1 Å². The molecule has 0 radical (unpaired) electrons. The van der Waals surface area contributed by atoms with Gasteiger partial charge in [-0.15, -0.1) is 23.1 Å². The molecule has 1 aromatic heterocycles. The van der Waals surface area contributed by atoms with E-state index in [1.54, 1.807) is 0 Å². The Bertz CT molecular complexity index is 1590. The van der Waals surface area contributed by atoms with Crippen LogP contribution in [-0.4, -0.2) is 89.8 Å². The van der Waals surface area contributed by atoms with Crippen molar-refractivity contribution < 1.29 is 48.3 Å². The summed E-state index contributed by atoms with van der Waals surface area (Å²) in [6.07, 6.45) is -0.171. The highest BCUT2D eigenvalue weighted by Gasteiger charge is 2.71. The first-order valence-electron chi connectivity index (χ1n) is 12.8. The number of nitrogens with two attached hydrogens (primary N) is 1. The van der Waals surface area contributed by atoms with Crippen molar-refractivity contribution in [1.82, 2.24) is 15.2 Å². The molecule has 3 aliphatic rings. The van der Waals surface area contributed by atoms with Crippen LogP contribution in [0.4, 0.5) is 10.8 Å². The highest BCUT2D eigenvalue weighted by Crippen LogP contribution is 2.49. The van der Waals surface area contributed by atoms with Gasteiger partial charge in [0, 0.05) is 23.3 Å². The number of hydrogen-bond donors (Lipinski definition) is 3. The number of esters is 2. The van der Waals surface area contributed by atoms with Crippen molar-refractivity contribution >= 4 is 69.4 Å². The molecule has 4 atom stereocenters. The summed E-state index contributed by atoms with van der Waals surface area (Å²) in [5.41, 5.74) is 1.74. The van der Waals surface area contributed by atoms with Gasteiger partial charge >= 0.3 is 17.9 Å². The van der Waals surface area contributed by atoms with Crippen molar-refractivity contribution in [2.75, 3.05) is 11.5 Å². The first-order valence-corrected chi connectivity index (χ1v) is 14.8. The molecule has 232 valence electrons. The van der Waals surface area contributed by atoms with Crippen LogP contribution in [0.1, 0.15) is 31.5 Å². The van der Waals surface area contributed by atoms with Crippen LogP contribution in [0.2, 0.25) is 0 Å². The quantitative estimate of drug-likeness (QED) is 0.104. The lowest BCUT2D eigenvalue weighted by atomic mass is 9.89. The number of oxime groups is 1. The van der Waals surface area contributed by atoms with Gasteiger partial charge in [-0.2, -0.15) is 0 Å². The largest absolute Gasteiger partial charge is 0.477 e. The number of rotatable bonds is 10. The number of aliphatic carboxylic acids is 1. The van der Waals surface area contributed by atoms with Crippen LogP contribution < -0.4 is 11.1 Å². The number of nitro benzene ring substituents is 1. The highest BCUT2D eigenvalue weighted by molar-refractivity contribution is 8.00. The number of fused-ring (bicyclic) bond motifs is 3. The zero-order chi connectivity index (χ0) is 32.0. The number of ether oxygens (including phenoxy) is 2. The van der Waals surface area contributed by atoms with E-state index >= 15 is 0 Å². The molecule has 0 saturated carbocycles. The zero-order valence-electron chi connectivity index (χ0n) is 23.0. The number of nitrogens with one attached hydrogen (secondary N) is 1. The van der Waals surface area contributed by atoms with E-state index in [0.717, 1.165) is 28.0 Å². The fraction of sp³-hybridized carbons (Fsp3) is 0.400. The molecule has 1 aromatic carbocycles. The van der Waals surface area contributed by atoms with Crippen molar-refractivity contribution in [3.63, 3.8) is 0 Å². The Hall–Kier alpha value is -4.78. The lowest BCUT2D eigenvalue weighted by Gasteiger charge is -2.56. The molecule has 44 heavy (non-hydrogen) atoms. The molecule has 0 bridgehead atoms. The molecule has 2 aromatic rings. The lowest BCUT2D eigenvalue weighted by molar-refractivity contribution is -0.384. The SMILES string of the molecule is CC(C)(O/N=C(\C(=O)N[C@@H]1C(=O)N2[C@@H]1CS[C@@H]1CC(=O)O[C@]12C(=O)O)c1csc(N)n1)C(=O)OCc1ccc([N+](=O)[O-])cc1. The second kappa shape index (κ2) is 11.4. The summed E-state index contributed by atoms with van der Waals surface area (Å²) in [6.45, 7) is 2.44. The second-order valence-electron chi connectivity index (χ2n) is 10.3. The normalized spacial score (nSPS) is 24.4. The Labute approximate surface area is 255 Å². The monoisotopic (exact) mass is 648 g/mol. The fourth-order valence-electron chi connectivity index (χ4n) is 4.77. The van der Waals surface area contributed by atoms with Gasteiger partial charge < -0.3 is 30.5 Å². The molecule has 4 N–H and O–H groups in total. The van der Waals surface area contributed by atoms with Crippen LogP contribution in [0.3, 0.4) is 0 Å². The molecular weight excluding hydrogens is 624 g/mol. The van der Waals surface area contributed by atoms with E-state index in [1.807, 2.05) is 0 Å². The number of carbonyl (C=O) groups is 5. The summed E-state index contributed by atoms with van der Waals surface area (Å²) < 4.78 is 10.4. The van der Waals surface area contributed by atoms with Crippen LogP contribution >= 0.6 is 23.1 Å². The Morgan fingerprint density at radius 1 is 1.32 bits per heavy atom. The number of β-lactam (4-membered cyclic amide) rings is 1. The first-order chi connectivity index (χ1) is 20.7. The number of nitrogens with zero attached hydrogens (tertiary/aromatic N) is 4. The van der Waals surface area contributed by atoms with Gasteiger partial charge in [0.05, 0.1) is 22.6 Å². The molecule has 2 amide bonds. The second-order valence-corrected chi connectivity index (χ2v) is 12.5. The predicted molar refractivity (Wildman–Crippen MR) is 151 cm³/mol. The molecule has 3 fully saturated rings. The summed E-state index contributed by atoms with van der Waals surface area (Å²) in [5.74, 6) is -4.57. The number of nitro groups is 1. The van der Waals surface area contributed by atoms with Crippen LogP contribution in [0.5, 0.6) is 0 Å². The summed E-state index contributed by atoms with van der Waals surface area (Å²) in [4.78, 5) is 84.1. The summed E-state index contributed by atoms with van der Waals surface area (Å²) in [6, 6.07) is 3.40. The van der Waals surface area contributed by atoms with Crippen LogP contribution in [-0.2, 0) is 44.9 Å². The van der Waals surface area contributed by atoms with E-state index in [1.165, 1.54) is 43.5 Å². The van der Waals surface area contributed by atoms with E-state index in [9.17, 15) is 39.2 Å². The molecule has 3 aliphatic heterocycles. The number of non-ortho nitro benzene ring substituents is 1. The maximum absolute atomic E-state index is 13.4. The minimum absolute atomic E-state index is 0.0199. The molecule has 17 nitrogen and oxygen atoms in total. The van der Waals surface area contributed by atoms with E-state index < -0.39 is 69.0 Å². The van der Waals surface area contributed by atoms with Gasteiger partial charge in [-0.1, -0.05) is 5.16 Å². The molecule has 19 heteroatoms. The number of hydrogen-bond acceptors (Lipinski definition) is 15. The molecule has 0 aliphatic carbocycles. The summed E-state index contributed by atoms with van der Waals surface area (Å²) in [7, 11) is 0. The van der Waals surface area contributed by atoms with Gasteiger partial charge in [0.2, 0.25) is 5.60 Å². The number of thioether (sulfide) groups is 1. The third-order valence-corrected chi connectivity index (χ3v) is 9.15. The average molecular weight is 649 g/mol. The van der Waals surface area contributed by atoms with E-state index in [-0.39, 0.29) is 35.3 Å². The predicted octanol–water partition coefficient (Wildman–Crippen LogP) is 0.415. The number of nitrogen functional groups attached to an aromatic ring is 1. The number of benzene rings is 1. The van der Waals surface area contributed by atoms with Crippen LogP contribution in [0.25, 0.3) is 0 Å². The van der Waals surface area contributed by atoms with E-state index in [2.05, 4.69) is 15.5 Å². The standard InChI is InChI=1S/C25H24N6O11S2/c1-24(2,22(37)40-8-11-3-5-12(6-4-11)31(38)39)42-29-17(13-9-44-23(26)27-13)19(33)28-18-14-10-43-15-7-16(32)41-25(15,21(35)36)30(14)20(18)34/h3-6,9,14-15,18H,7-8,10H2,1-2H3,(H2,26,27)(H,28,33)(H,35,36)/b29-17-/t14-,15-,18+,25+/m1/s1. The van der Waals surface area contributed by atoms with Gasteiger partial charge in [0.1, 0.15) is 18.3 Å². The van der Waals surface area contributed by atoms with E-state index in [4.69, 9.17) is 20.0 Å². The minimum atomic E-state index is -2.16. The van der Waals surface area contributed by atoms with E-state index in [0.29, 0.717) is 5.56 Å². The molecule has 3 saturated heterocycles. The maximum atomic E-state index is 13.4. The van der Waals surface area contributed by atoms with Crippen LogP contribution in [0.15, 0.2) is 34.8 Å². The number of amides is 2. The Morgan fingerprint density at radius 2 is 2.02 bits per heavy atom. The van der Waals surface area contributed by atoms with Crippen molar-refractivity contribution in [2.45, 2.75) is 55.5 Å². The minimum Gasteiger partial charge on any atom is -0.477 e. The smallest absolute Gasteiger partial charge is 0.371 e. The summed E-state index contributed by atoms with van der Waals surface area (Å²) >= 11 is 2.15. The molecule has 0 unspecified atom stereocenters. The number of thiazole rings is 1. The number of aromatic nitrogens is 1. The Morgan fingerprint density at radius 3 is 2.64 bits per heavy atom. The van der Waals surface area contributed by atoms with Gasteiger partial charge in [-0.3, -0.25) is 29.4 Å². The molecule has 0 spiro atoms. The topological polar surface area (TPSA) is 243 Å². The van der Waals surface area contributed by atoms with Gasteiger partial charge in [-0.25, -0.2) is 14.6 Å². The zero-order valence-corrected chi connectivity index (χ0v) is 24.6. The lowest BCUT2D eigenvalue weighted by Crippen LogP contribution is -2.82. The van der Waals surface area contributed by atoms with Gasteiger partial charge in [0.25, 0.3) is 23.2 Å². The van der Waals surface area contributed by atoms with Crippen molar-refractivity contribution in [3.05, 3.63) is 51.0 Å².